The Bertz CT molecular complexity index is 1160. The first-order valence-corrected chi connectivity index (χ1v) is 10.7. The highest BCUT2D eigenvalue weighted by molar-refractivity contribution is 7.98. The number of phenols is 1. The van der Waals surface area contributed by atoms with Crippen molar-refractivity contribution in [3.8, 4) is 5.75 Å². The summed E-state index contributed by atoms with van der Waals surface area (Å²) in [4.78, 5) is 10.4. The van der Waals surface area contributed by atoms with Gasteiger partial charge in [0.15, 0.2) is 0 Å². The van der Waals surface area contributed by atoms with Gasteiger partial charge in [-0.3, -0.25) is 0 Å². The number of hydrogen-bond donors (Lipinski definition) is 2. The van der Waals surface area contributed by atoms with Gasteiger partial charge < -0.3 is 10.4 Å². The molecule has 146 valence electrons. The average molecular weight is 402 g/mol. The predicted molar refractivity (Wildman–Crippen MR) is 121 cm³/mol. The Kier molecular flexibility index (Phi) is 5.41. The molecule has 2 heterocycles. The smallest absolute Gasteiger partial charge is 0.147 e. The van der Waals surface area contributed by atoms with E-state index in [1.807, 2.05) is 56.3 Å². The number of nitrogens with zero attached hydrogens (tertiary/aromatic N) is 2. The molecule has 0 bridgehead atoms. The lowest BCUT2D eigenvalue weighted by Gasteiger charge is -2.22. The lowest BCUT2D eigenvalue weighted by Crippen LogP contribution is -2.14. The van der Waals surface area contributed by atoms with Gasteiger partial charge in [0.1, 0.15) is 17.1 Å². The van der Waals surface area contributed by atoms with E-state index in [1.54, 1.807) is 11.8 Å². The van der Waals surface area contributed by atoms with Crippen LogP contribution in [0.5, 0.6) is 5.75 Å². The molecule has 0 saturated heterocycles. The fraction of sp³-hybridized carbons (Fsp3) is 0.167. The van der Waals surface area contributed by atoms with E-state index in [0.717, 1.165) is 33.7 Å². The third kappa shape index (κ3) is 4.05. The predicted octanol–water partition coefficient (Wildman–Crippen LogP) is 5.88. The quantitative estimate of drug-likeness (QED) is 0.409. The van der Waals surface area contributed by atoms with Crippen LogP contribution in [-0.4, -0.2) is 21.3 Å². The summed E-state index contributed by atoms with van der Waals surface area (Å²) in [6.07, 6.45) is 2.06. The first-order chi connectivity index (χ1) is 14.0. The normalized spacial score (nSPS) is 12.1. The van der Waals surface area contributed by atoms with Gasteiger partial charge >= 0.3 is 0 Å². The number of fused-ring (bicyclic) bond motifs is 1. The van der Waals surface area contributed by atoms with Gasteiger partial charge in [0.05, 0.1) is 6.04 Å². The van der Waals surface area contributed by atoms with Crippen molar-refractivity contribution in [3.63, 3.8) is 0 Å². The van der Waals surface area contributed by atoms with Gasteiger partial charge in [-0.2, -0.15) is 0 Å². The summed E-state index contributed by atoms with van der Waals surface area (Å²) >= 11 is 1.71. The summed E-state index contributed by atoms with van der Waals surface area (Å²) in [6.45, 7) is 3.90. The van der Waals surface area contributed by atoms with Crippen LogP contribution in [0.4, 0.5) is 5.82 Å². The van der Waals surface area contributed by atoms with E-state index in [2.05, 4.69) is 45.8 Å². The highest BCUT2D eigenvalue weighted by Gasteiger charge is 2.20. The Hall–Kier alpha value is -3.05. The number of aryl methyl sites for hydroxylation is 2. The molecule has 0 spiro atoms. The van der Waals surface area contributed by atoms with Gasteiger partial charge in [0.2, 0.25) is 0 Å². The van der Waals surface area contributed by atoms with Crippen LogP contribution in [0.3, 0.4) is 0 Å². The van der Waals surface area contributed by atoms with E-state index in [-0.39, 0.29) is 11.8 Å². The molecule has 0 fully saturated rings. The van der Waals surface area contributed by atoms with Crippen molar-refractivity contribution in [2.75, 3.05) is 11.6 Å². The fourth-order valence-corrected chi connectivity index (χ4v) is 3.84. The number of thioether (sulfide) groups is 1. The topological polar surface area (TPSA) is 58.0 Å². The van der Waals surface area contributed by atoms with Crippen molar-refractivity contribution in [3.05, 3.63) is 89.2 Å². The lowest BCUT2D eigenvalue weighted by atomic mass is 9.96. The largest absolute Gasteiger partial charge is 0.505 e. The monoisotopic (exact) mass is 401 g/mol. The van der Waals surface area contributed by atoms with Gasteiger partial charge in [0.25, 0.3) is 0 Å². The second kappa shape index (κ2) is 8.13. The van der Waals surface area contributed by atoms with Crippen LogP contribution < -0.4 is 5.32 Å². The van der Waals surface area contributed by atoms with Crippen molar-refractivity contribution in [2.45, 2.75) is 24.8 Å². The van der Waals surface area contributed by atoms with Gasteiger partial charge in [0, 0.05) is 27.2 Å². The van der Waals surface area contributed by atoms with E-state index in [0.29, 0.717) is 5.52 Å². The first-order valence-electron chi connectivity index (χ1n) is 9.48. The molecule has 0 aliphatic carbocycles. The molecule has 0 unspecified atom stereocenters. The molecule has 2 aromatic carbocycles. The van der Waals surface area contributed by atoms with Gasteiger partial charge in [-0.1, -0.05) is 36.4 Å². The third-order valence-electron chi connectivity index (χ3n) is 4.95. The molecule has 4 aromatic rings. The number of aromatic hydroxyl groups is 1. The van der Waals surface area contributed by atoms with Crippen molar-refractivity contribution >= 4 is 28.5 Å². The Balaban J connectivity index is 1.84. The molecule has 2 N–H and O–H groups in total. The lowest BCUT2D eigenvalue weighted by molar-refractivity contribution is 0.471. The Morgan fingerprint density at radius 2 is 1.59 bits per heavy atom. The molecule has 1 atom stereocenters. The number of phenolic OH excluding ortho intramolecular Hbond substituents is 1. The van der Waals surface area contributed by atoms with E-state index < -0.39 is 0 Å². The number of benzene rings is 2. The molecule has 4 nitrogen and oxygen atoms in total. The minimum Gasteiger partial charge on any atom is -0.505 e. The van der Waals surface area contributed by atoms with Gasteiger partial charge in [-0.15, -0.1) is 11.8 Å². The van der Waals surface area contributed by atoms with Gasteiger partial charge in [-0.25, -0.2) is 9.97 Å². The molecule has 5 heteroatoms. The van der Waals surface area contributed by atoms with Crippen LogP contribution in [0, 0.1) is 13.8 Å². The average Bonchev–Trinajstić information content (AvgIpc) is 2.73. The van der Waals surface area contributed by atoms with Crippen LogP contribution in [-0.2, 0) is 0 Å². The number of anilines is 1. The number of rotatable bonds is 5. The second-order valence-corrected chi connectivity index (χ2v) is 7.92. The summed E-state index contributed by atoms with van der Waals surface area (Å²) in [7, 11) is 0. The summed E-state index contributed by atoms with van der Waals surface area (Å²) in [6, 6.07) is 21.9. The van der Waals surface area contributed by atoms with Crippen LogP contribution in [0.15, 0.2) is 71.6 Å². The fourth-order valence-electron chi connectivity index (χ4n) is 3.43. The third-order valence-corrected chi connectivity index (χ3v) is 5.69. The molecule has 0 aliphatic rings. The molecular formula is C24H23N3OS. The zero-order chi connectivity index (χ0) is 20.4. The number of pyridine rings is 2. The minimum absolute atomic E-state index is 0.199. The molecule has 0 amide bonds. The van der Waals surface area contributed by atoms with Crippen LogP contribution in [0.2, 0.25) is 0 Å². The molecular weight excluding hydrogens is 378 g/mol. The summed E-state index contributed by atoms with van der Waals surface area (Å²) in [5.74, 6) is 0.964. The molecule has 0 radical (unpaired) electrons. The van der Waals surface area contributed by atoms with E-state index >= 15 is 0 Å². The first kappa shape index (κ1) is 19.3. The minimum atomic E-state index is -0.257. The molecule has 0 aliphatic heterocycles. The summed E-state index contributed by atoms with van der Waals surface area (Å²) in [5.41, 5.74) is 4.25. The van der Waals surface area contributed by atoms with Gasteiger partial charge in [-0.05, 0) is 56.0 Å². The SMILES string of the molecule is CSc1ccc([C@@H](Nc2cccc(C)n2)c2ccc3ccc(C)nc3c2O)cc1. The Morgan fingerprint density at radius 3 is 2.31 bits per heavy atom. The van der Waals surface area contributed by atoms with Crippen molar-refractivity contribution in [2.24, 2.45) is 0 Å². The molecule has 0 saturated carbocycles. The number of hydrogen-bond acceptors (Lipinski definition) is 5. The highest BCUT2D eigenvalue weighted by atomic mass is 32.2. The van der Waals surface area contributed by atoms with Crippen LogP contribution in [0.25, 0.3) is 10.9 Å². The van der Waals surface area contributed by atoms with Crippen molar-refractivity contribution in [1.82, 2.24) is 9.97 Å². The molecule has 29 heavy (non-hydrogen) atoms. The highest BCUT2D eigenvalue weighted by Crippen LogP contribution is 2.36. The number of nitrogens with one attached hydrogen (secondary N) is 1. The maximum absolute atomic E-state index is 11.1. The summed E-state index contributed by atoms with van der Waals surface area (Å²) in [5, 5.41) is 15.5. The van der Waals surface area contributed by atoms with Crippen LogP contribution >= 0.6 is 11.8 Å². The molecule has 2 aromatic heterocycles. The van der Waals surface area contributed by atoms with E-state index in [9.17, 15) is 5.11 Å². The zero-order valence-corrected chi connectivity index (χ0v) is 17.5. The molecule has 4 rings (SSSR count). The van der Waals surface area contributed by atoms with E-state index in [4.69, 9.17) is 0 Å². The van der Waals surface area contributed by atoms with Crippen molar-refractivity contribution < 1.29 is 5.11 Å². The van der Waals surface area contributed by atoms with Crippen molar-refractivity contribution in [1.29, 1.82) is 0 Å². The maximum Gasteiger partial charge on any atom is 0.147 e. The van der Waals surface area contributed by atoms with E-state index in [1.165, 1.54) is 4.90 Å². The zero-order valence-electron chi connectivity index (χ0n) is 16.7. The standard InChI is InChI=1S/C24H23N3OS/c1-15-5-4-6-21(25-15)27-22(17-9-12-19(29-3)13-10-17)20-14-11-18-8-7-16(2)26-23(18)24(20)28/h4-14,22,28H,1-3H3,(H,25,27)/t22-/m1/s1. The summed E-state index contributed by atoms with van der Waals surface area (Å²) < 4.78 is 0. The Labute approximate surface area is 175 Å². The Morgan fingerprint density at radius 1 is 0.862 bits per heavy atom. The second-order valence-electron chi connectivity index (χ2n) is 7.04. The maximum atomic E-state index is 11.1. The van der Waals surface area contributed by atoms with Crippen LogP contribution in [0.1, 0.15) is 28.6 Å². The number of aromatic nitrogens is 2.